The summed E-state index contributed by atoms with van der Waals surface area (Å²) in [5.41, 5.74) is 0.575. The highest BCUT2D eigenvalue weighted by atomic mass is 19.1. The molecule has 1 aromatic carbocycles. The molecule has 1 aliphatic rings. The van der Waals surface area contributed by atoms with Gasteiger partial charge < -0.3 is 14.4 Å². The summed E-state index contributed by atoms with van der Waals surface area (Å²) in [6.45, 7) is 7.59. The van der Waals surface area contributed by atoms with Crippen molar-refractivity contribution in [3.05, 3.63) is 47.9 Å². The summed E-state index contributed by atoms with van der Waals surface area (Å²) in [4.78, 5) is 6.50. The predicted molar refractivity (Wildman–Crippen MR) is 92.4 cm³/mol. The van der Waals surface area contributed by atoms with Gasteiger partial charge in [-0.2, -0.15) is 0 Å². The van der Waals surface area contributed by atoms with E-state index in [-0.39, 0.29) is 17.3 Å². The second-order valence-electron chi connectivity index (χ2n) is 6.80. The van der Waals surface area contributed by atoms with E-state index in [2.05, 4.69) is 16.8 Å². The molecule has 2 heterocycles. The van der Waals surface area contributed by atoms with E-state index in [1.807, 2.05) is 19.9 Å². The van der Waals surface area contributed by atoms with Crippen LogP contribution in [-0.2, 0) is 4.74 Å². The van der Waals surface area contributed by atoms with Gasteiger partial charge in [-0.1, -0.05) is 19.9 Å². The molecule has 0 spiro atoms. The van der Waals surface area contributed by atoms with Crippen molar-refractivity contribution in [3.63, 3.8) is 0 Å². The Morgan fingerprint density at radius 2 is 1.88 bits per heavy atom. The minimum absolute atomic E-state index is 0.117. The van der Waals surface area contributed by atoms with Gasteiger partial charge in [-0.3, -0.25) is 0 Å². The Morgan fingerprint density at radius 1 is 1.17 bits per heavy atom. The third kappa shape index (κ3) is 3.36. The van der Waals surface area contributed by atoms with E-state index >= 15 is 0 Å². The van der Waals surface area contributed by atoms with Gasteiger partial charge in [-0.05, 0) is 30.5 Å². The summed E-state index contributed by atoms with van der Waals surface area (Å²) in [5, 5.41) is 0. The zero-order valence-electron chi connectivity index (χ0n) is 14.5. The Hall–Kier alpha value is -2.14. The zero-order valence-corrected chi connectivity index (χ0v) is 14.5. The number of ether oxygens (including phenoxy) is 2. The fraction of sp³-hybridized carbons (Fsp3) is 0.421. The molecule has 0 N–H and O–H groups in total. The van der Waals surface area contributed by atoms with Crippen LogP contribution in [-0.4, -0.2) is 30.8 Å². The molecule has 1 aromatic heterocycles. The van der Waals surface area contributed by atoms with Crippen molar-refractivity contribution in [1.82, 2.24) is 4.98 Å². The highest BCUT2D eigenvalue weighted by molar-refractivity contribution is 5.48. The highest BCUT2D eigenvalue weighted by Gasteiger charge is 2.39. The molecule has 1 saturated heterocycles. The molecule has 2 aromatic rings. The van der Waals surface area contributed by atoms with Crippen LogP contribution in [0.5, 0.6) is 11.5 Å². The number of hydrogen-bond donors (Lipinski definition) is 0. The number of hydrogen-bond acceptors (Lipinski definition) is 4. The van der Waals surface area contributed by atoms with Crippen LogP contribution in [0.4, 0.5) is 10.2 Å². The standard InChI is InChI=1S/C19H23FN2O2/c1-13(2)16-6-5-14(9-17(16)20)24-15-7-8-21-18(10-15)22-11-19(3,12-22)23-4/h5-10,13H,11-12H2,1-4H3. The molecule has 0 saturated carbocycles. The maximum Gasteiger partial charge on any atom is 0.132 e. The van der Waals surface area contributed by atoms with Gasteiger partial charge in [0.2, 0.25) is 0 Å². The topological polar surface area (TPSA) is 34.6 Å². The van der Waals surface area contributed by atoms with Crippen LogP contribution in [0.25, 0.3) is 0 Å². The summed E-state index contributed by atoms with van der Waals surface area (Å²) >= 11 is 0. The number of benzene rings is 1. The number of nitrogens with zero attached hydrogens (tertiary/aromatic N) is 2. The average molecular weight is 330 g/mol. The largest absolute Gasteiger partial charge is 0.457 e. The fourth-order valence-corrected chi connectivity index (χ4v) is 2.86. The van der Waals surface area contributed by atoms with Crippen molar-refractivity contribution in [2.24, 2.45) is 0 Å². The molecule has 0 atom stereocenters. The molecule has 0 unspecified atom stereocenters. The molecule has 0 bridgehead atoms. The van der Waals surface area contributed by atoms with Crippen molar-refractivity contribution in [2.45, 2.75) is 32.3 Å². The van der Waals surface area contributed by atoms with Gasteiger partial charge in [0, 0.05) is 38.5 Å². The first-order chi connectivity index (χ1) is 11.4. The number of pyridine rings is 1. The molecule has 1 aliphatic heterocycles. The highest BCUT2D eigenvalue weighted by Crippen LogP contribution is 2.32. The van der Waals surface area contributed by atoms with E-state index in [0.717, 1.165) is 18.9 Å². The summed E-state index contributed by atoms with van der Waals surface area (Å²) in [6, 6.07) is 8.64. The summed E-state index contributed by atoms with van der Waals surface area (Å²) in [5.74, 6) is 1.87. The number of rotatable bonds is 5. The Bertz CT molecular complexity index is 727. The maximum atomic E-state index is 14.1. The van der Waals surface area contributed by atoms with Crippen molar-refractivity contribution in [2.75, 3.05) is 25.1 Å². The number of halogens is 1. The minimum atomic E-state index is -0.240. The van der Waals surface area contributed by atoms with Gasteiger partial charge in [-0.25, -0.2) is 9.37 Å². The molecule has 3 rings (SSSR count). The van der Waals surface area contributed by atoms with E-state index in [4.69, 9.17) is 9.47 Å². The predicted octanol–water partition coefficient (Wildman–Crippen LogP) is 4.36. The Balaban J connectivity index is 1.72. The number of methoxy groups -OCH3 is 1. The quantitative estimate of drug-likeness (QED) is 0.816. The first kappa shape index (κ1) is 16.7. The molecule has 1 fully saturated rings. The van der Waals surface area contributed by atoms with Crippen LogP contribution < -0.4 is 9.64 Å². The SMILES string of the molecule is COC1(C)CN(c2cc(Oc3ccc(C(C)C)c(F)c3)ccn2)C1. The van der Waals surface area contributed by atoms with Crippen LogP contribution in [0.3, 0.4) is 0 Å². The Kier molecular flexibility index (Phi) is 4.45. The van der Waals surface area contributed by atoms with Crippen molar-refractivity contribution in [3.8, 4) is 11.5 Å². The molecule has 24 heavy (non-hydrogen) atoms. The fourth-order valence-electron chi connectivity index (χ4n) is 2.86. The first-order valence-electron chi connectivity index (χ1n) is 8.14. The lowest BCUT2D eigenvalue weighted by molar-refractivity contribution is -0.0171. The zero-order chi connectivity index (χ0) is 17.3. The molecule has 4 nitrogen and oxygen atoms in total. The van der Waals surface area contributed by atoms with Crippen LogP contribution in [0, 0.1) is 5.82 Å². The molecule has 128 valence electrons. The van der Waals surface area contributed by atoms with E-state index in [0.29, 0.717) is 17.1 Å². The third-order valence-corrected chi connectivity index (χ3v) is 4.41. The normalized spacial score (nSPS) is 16.2. The van der Waals surface area contributed by atoms with Gasteiger partial charge in [0.1, 0.15) is 23.1 Å². The molecular formula is C19H23FN2O2. The Labute approximate surface area is 142 Å². The second kappa shape index (κ2) is 6.40. The lowest BCUT2D eigenvalue weighted by Crippen LogP contribution is -2.61. The van der Waals surface area contributed by atoms with Crippen molar-refractivity contribution in [1.29, 1.82) is 0 Å². The number of anilines is 1. The van der Waals surface area contributed by atoms with E-state index in [1.54, 1.807) is 31.5 Å². The molecule has 0 amide bonds. The van der Waals surface area contributed by atoms with Crippen molar-refractivity contribution >= 4 is 5.82 Å². The van der Waals surface area contributed by atoms with E-state index in [1.165, 1.54) is 6.07 Å². The van der Waals surface area contributed by atoms with Crippen LogP contribution in [0.15, 0.2) is 36.5 Å². The summed E-state index contributed by atoms with van der Waals surface area (Å²) in [7, 11) is 1.72. The van der Waals surface area contributed by atoms with Crippen molar-refractivity contribution < 1.29 is 13.9 Å². The van der Waals surface area contributed by atoms with E-state index < -0.39 is 0 Å². The summed E-state index contributed by atoms with van der Waals surface area (Å²) < 4.78 is 25.3. The van der Waals surface area contributed by atoms with Gasteiger partial charge in [-0.15, -0.1) is 0 Å². The minimum Gasteiger partial charge on any atom is -0.457 e. The lowest BCUT2D eigenvalue weighted by Gasteiger charge is -2.47. The molecule has 0 radical (unpaired) electrons. The van der Waals surface area contributed by atoms with Crippen LogP contribution in [0.2, 0.25) is 0 Å². The average Bonchev–Trinajstić information content (AvgIpc) is 2.52. The van der Waals surface area contributed by atoms with Gasteiger partial charge in [0.05, 0.1) is 5.60 Å². The second-order valence-corrected chi connectivity index (χ2v) is 6.80. The van der Waals surface area contributed by atoms with Gasteiger partial charge >= 0.3 is 0 Å². The smallest absolute Gasteiger partial charge is 0.132 e. The van der Waals surface area contributed by atoms with Crippen LogP contribution >= 0.6 is 0 Å². The molecule has 5 heteroatoms. The third-order valence-electron chi connectivity index (χ3n) is 4.41. The van der Waals surface area contributed by atoms with Gasteiger partial charge in [0.25, 0.3) is 0 Å². The maximum absolute atomic E-state index is 14.1. The monoisotopic (exact) mass is 330 g/mol. The first-order valence-corrected chi connectivity index (χ1v) is 8.14. The Morgan fingerprint density at radius 3 is 2.50 bits per heavy atom. The molecule has 0 aliphatic carbocycles. The van der Waals surface area contributed by atoms with Crippen LogP contribution in [0.1, 0.15) is 32.3 Å². The summed E-state index contributed by atoms with van der Waals surface area (Å²) in [6.07, 6.45) is 1.70. The van der Waals surface area contributed by atoms with Gasteiger partial charge in [0.15, 0.2) is 0 Å². The lowest BCUT2D eigenvalue weighted by atomic mass is 9.96. The van der Waals surface area contributed by atoms with E-state index in [9.17, 15) is 4.39 Å². The molecular weight excluding hydrogens is 307 g/mol. The number of aromatic nitrogens is 1.